The summed E-state index contributed by atoms with van der Waals surface area (Å²) in [5.41, 5.74) is 1.21. The Hall–Kier alpha value is -2.43. The van der Waals surface area contributed by atoms with E-state index in [9.17, 15) is 4.79 Å². The van der Waals surface area contributed by atoms with Crippen molar-refractivity contribution < 1.29 is 9.90 Å². The largest absolute Gasteiger partial charge is 0.476 e. The molecular formula is C11H9N3O2. The molecule has 2 N–H and O–H groups in total. The molecule has 0 saturated carbocycles. The summed E-state index contributed by atoms with van der Waals surface area (Å²) in [5.74, 6) is -1.10. The van der Waals surface area contributed by atoms with Gasteiger partial charge in [-0.25, -0.2) is 4.79 Å². The van der Waals surface area contributed by atoms with Crippen LogP contribution in [0.2, 0.25) is 0 Å². The number of aromatic amines is 1. The van der Waals surface area contributed by atoms with Crippen LogP contribution in [0.3, 0.4) is 0 Å². The van der Waals surface area contributed by atoms with E-state index in [0.717, 1.165) is 5.56 Å². The zero-order chi connectivity index (χ0) is 11.4. The summed E-state index contributed by atoms with van der Waals surface area (Å²) in [7, 11) is 0. The molecule has 0 bridgehead atoms. The molecule has 1 aromatic carbocycles. The molecule has 1 aromatic heterocycles. The second-order valence-electron chi connectivity index (χ2n) is 3.11. The molecule has 0 aliphatic heterocycles. The van der Waals surface area contributed by atoms with Crippen LogP contribution in [0.4, 0.5) is 0 Å². The van der Waals surface area contributed by atoms with E-state index in [0.29, 0.717) is 5.69 Å². The zero-order valence-corrected chi connectivity index (χ0v) is 8.29. The topological polar surface area (TPSA) is 78.9 Å². The summed E-state index contributed by atoms with van der Waals surface area (Å²) in [6, 6.07) is 9.55. The van der Waals surface area contributed by atoms with E-state index in [4.69, 9.17) is 5.11 Å². The highest BCUT2D eigenvalue weighted by molar-refractivity contribution is 5.90. The Morgan fingerprint density at radius 3 is 2.62 bits per heavy atom. The van der Waals surface area contributed by atoms with E-state index in [2.05, 4.69) is 15.4 Å². The van der Waals surface area contributed by atoms with Crippen LogP contribution < -0.4 is 0 Å². The summed E-state index contributed by atoms with van der Waals surface area (Å²) >= 11 is 0. The molecule has 2 rings (SSSR count). The molecule has 2 aromatic rings. The highest BCUT2D eigenvalue weighted by Crippen LogP contribution is 2.08. The minimum Gasteiger partial charge on any atom is -0.476 e. The quantitative estimate of drug-likeness (QED) is 0.816. The molecule has 80 valence electrons. The van der Waals surface area contributed by atoms with Crippen molar-refractivity contribution in [3.8, 4) is 0 Å². The first-order chi connectivity index (χ1) is 7.77. The Balaban J connectivity index is 2.24. The molecule has 0 spiro atoms. The van der Waals surface area contributed by atoms with Gasteiger partial charge in [-0.15, -0.1) is 5.10 Å². The average Bonchev–Trinajstić information content (AvgIpc) is 2.76. The lowest BCUT2D eigenvalue weighted by Crippen LogP contribution is -1.98. The maximum atomic E-state index is 10.7. The first kappa shape index (κ1) is 10.1. The number of aromatic carboxylic acids is 1. The van der Waals surface area contributed by atoms with Crippen molar-refractivity contribution >= 4 is 18.1 Å². The van der Waals surface area contributed by atoms with Crippen LogP contribution in [0.15, 0.2) is 30.3 Å². The first-order valence-electron chi connectivity index (χ1n) is 4.64. The van der Waals surface area contributed by atoms with Gasteiger partial charge in [-0.2, -0.15) is 10.3 Å². The number of hydrogen-bond acceptors (Lipinski definition) is 3. The number of carboxylic acids is 1. The van der Waals surface area contributed by atoms with Crippen molar-refractivity contribution in [2.75, 3.05) is 0 Å². The van der Waals surface area contributed by atoms with Gasteiger partial charge in [0, 0.05) is 0 Å². The van der Waals surface area contributed by atoms with Gasteiger partial charge in [0.2, 0.25) is 0 Å². The Kier molecular flexibility index (Phi) is 2.77. The van der Waals surface area contributed by atoms with Crippen LogP contribution in [-0.2, 0) is 0 Å². The molecule has 5 nitrogen and oxygen atoms in total. The Morgan fingerprint density at radius 1 is 1.19 bits per heavy atom. The number of rotatable bonds is 3. The molecule has 5 heteroatoms. The number of H-pyrrole nitrogens is 1. The van der Waals surface area contributed by atoms with E-state index < -0.39 is 5.97 Å². The second kappa shape index (κ2) is 4.39. The highest BCUT2D eigenvalue weighted by atomic mass is 16.4. The second-order valence-corrected chi connectivity index (χ2v) is 3.11. The van der Waals surface area contributed by atoms with Crippen molar-refractivity contribution in [3.63, 3.8) is 0 Å². The fourth-order valence-corrected chi connectivity index (χ4v) is 1.25. The summed E-state index contributed by atoms with van der Waals surface area (Å²) in [5, 5.41) is 18.4. The minimum absolute atomic E-state index is 0.0767. The lowest BCUT2D eigenvalue weighted by Gasteiger charge is -1.90. The predicted octanol–water partition coefficient (Wildman–Crippen LogP) is 1.67. The van der Waals surface area contributed by atoms with E-state index in [-0.39, 0.29) is 5.69 Å². The summed E-state index contributed by atoms with van der Waals surface area (Å²) in [4.78, 5) is 10.7. The highest BCUT2D eigenvalue weighted by Gasteiger charge is 2.11. The van der Waals surface area contributed by atoms with Crippen LogP contribution >= 0.6 is 0 Å². The van der Waals surface area contributed by atoms with E-state index in [1.54, 1.807) is 12.2 Å². The molecule has 0 unspecified atom stereocenters. The third-order valence-electron chi connectivity index (χ3n) is 2.01. The summed E-state index contributed by atoms with van der Waals surface area (Å²) in [6.45, 7) is 0. The average molecular weight is 215 g/mol. The SMILES string of the molecule is O=C(O)c1n[nH]nc1C=Cc1ccccc1. The number of nitrogens with zero attached hydrogens (tertiary/aromatic N) is 2. The van der Waals surface area contributed by atoms with Crippen LogP contribution in [0, 0.1) is 0 Å². The predicted molar refractivity (Wildman–Crippen MR) is 58.7 cm³/mol. The summed E-state index contributed by atoms with van der Waals surface area (Å²) in [6.07, 6.45) is 3.40. The van der Waals surface area contributed by atoms with Crippen LogP contribution in [0.5, 0.6) is 0 Å². The number of carbonyl (C=O) groups is 1. The summed E-state index contributed by atoms with van der Waals surface area (Å²) < 4.78 is 0. The van der Waals surface area contributed by atoms with E-state index in [1.807, 2.05) is 30.3 Å². The molecule has 0 saturated heterocycles. The Labute approximate surface area is 91.4 Å². The van der Waals surface area contributed by atoms with Gasteiger partial charge in [-0.1, -0.05) is 36.4 Å². The fraction of sp³-hybridized carbons (Fsp3) is 0. The normalized spacial score (nSPS) is 10.8. The molecule has 16 heavy (non-hydrogen) atoms. The monoisotopic (exact) mass is 215 g/mol. The van der Waals surface area contributed by atoms with Gasteiger partial charge in [0.25, 0.3) is 0 Å². The molecule has 0 radical (unpaired) electrons. The smallest absolute Gasteiger partial charge is 0.358 e. The van der Waals surface area contributed by atoms with E-state index in [1.165, 1.54) is 0 Å². The van der Waals surface area contributed by atoms with Gasteiger partial charge in [0.05, 0.1) is 0 Å². The lowest BCUT2D eigenvalue weighted by molar-refractivity contribution is 0.0690. The molecular weight excluding hydrogens is 206 g/mol. The third kappa shape index (κ3) is 2.14. The third-order valence-corrected chi connectivity index (χ3v) is 2.01. The van der Waals surface area contributed by atoms with Gasteiger partial charge >= 0.3 is 5.97 Å². The van der Waals surface area contributed by atoms with Gasteiger partial charge in [-0.3, -0.25) is 0 Å². The van der Waals surface area contributed by atoms with Crippen molar-refractivity contribution in [2.45, 2.75) is 0 Å². The maximum absolute atomic E-state index is 10.7. The Morgan fingerprint density at radius 2 is 1.94 bits per heavy atom. The van der Waals surface area contributed by atoms with E-state index >= 15 is 0 Å². The number of nitrogens with one attached hydrogen (secondary N) is 1. The van der Waals surface area contributed by atoms with Crippen LogP contribution in [-0.4, -0.2) is 26.5 Å². The van der Waals surface area contributed by atoms with Crippen LogP contribution in [0.25, 0.3) is 12.2 Å². The molecule has 0 atom stereocenters. The number of aromatic nitrogens is 3. The number of carboxylic acid groups (broad SMARTS) is 1. The molecule has 0 amide bonds. The van der Waals surface area contributed by atoms with Gasteiger partial charge in [0.15, 0.2) is 5.69 Å². The molecule has 1 heterocycles. The van der Waals surface area contributed by atoms with Crippen molar-refractivity contribution in [1.82, 2.24) is 15.4 Å². The molecule has 0 aliphatic carbocycles. The van der Waals surface area contributed by atoms with Gasteiger partial charge in [0.1, 0.15) is 5.69 Å². The van der Waals surface area contributed by atoms with Crippen molar-refractivity contribution in [1.29, 1.82) is 0 Å². The minimum atomic E-state index is -1.10. The standard InChI is InChI=1S/C11H9N3O2/c15-11(16)10-9(12-14-13-10)7-6-8-4-2-1-3-5-8/h1-7H,(H,15,16)(H,12,13,14). The maximum Gasteiger partial charge on any atom is 0.358 e. The van der Waals surface area contributed by atoms with Gasteiger partial charge in [-0.05, 0) is 11.6 Å². The van der Waals surface area contributed by atoms with Crippen LogP contribution in [0.1, 0.15) is 21.7 Å². The number of benzene rings is 1. The first-order valence-corrected chi connectivity index (χ1v) is 4.64. The zero-order valence-electron chi connectivity index (χ0n) is 8.29. The fourth-order valence-electron chi connectivity index (χ4n) is 1.25. The number of hydrogen-bond donors (Lipinski definition) is 2. The van der Waals surface area contributed by atoms with Gasteiger partial charge < -0.3 is 5.11 Å². The Bertz CT molecular complexity index is 517. The van der Waals surface area contributed by atoms with Crippen molar-refractivity contribution in [2.24, 2.45) is 0 Å². The molecule has 0 aliphatic rings. The van der Waals surface area contributed by atoms with Crippen molar-refractivity contribution in [3.05, 3.63) is 47.3 Å². The lowest BCUT2D eigenvalue weighted by atomic mass is 10.2. The molecule has 0 fully saturated rings.